The molecular formula is C15H15FN2O3. The number of benzene rings is 1. The van der Waals surface area contributed by atoms with Crippen LogP contribution < -0.4 is 10.1 Å². The van der Waals surface area contributed by atoms with E-state index in [1.165, 1.54) is 37.6 Å². The minimum atomic E-state index is -1.08. The smallest absolute Gasteiger partial charge is 0.339 e. The van der Waals surface area contributed by atoms with Gasteiger partial charge < -0.3 is 15.2 Å². The second-order valence-corrected chi connectivity index (χ2v) is 4.46. The summed E-state index contributed by atoms with van der Waals surface area (Å²) in [6, 6.07) is 6.80. The second-order valence-electron chi connectivity index (χ2n) is 4.46. The second kappa shape index (κ2) is 6.21. The molecule has 0 amide bonds. The van der Waals surface area contributed by atoms with Crippen LogP contribution in [0.5, 0.6) is 5.75 Å². The van der Waals surface area contributed by atoms with Gasteiger partial charge in [0.2, 0.25) is 0 Å². The van der Waals surface area contributed by atoms with Gasteiger partial charge in [-0.2, -0.15) is 0 Å². The lowest BCUT2D eigenvalue weighted by Gasteiger charge is -2.18. The van der Waals surface area contributed by atoms with Crippen LogP contribution in [0, 0.1) is 5.82 Å². The van der Waals surface area contributed by atoms with Crippen LogP contribution in [0.15, 0.2) is 36.5 Å². The Morgan fingerprint density at radius 3 is 2.86 bits per heavy atom. The van der Waals surface area contributed by atoms with E-state index in [-0.39, 0.29) is 23.2 Å². The summed E-state index contributed by atoms with van der Waals surface area (Å²) in [6.07, 6.45) is 1.49. The number of hydrogen-bond donors (Lipinski definition) is 2. The number of nitrogens with one attached hydrogen (secondary N) is 1. The number of nitrogens with zero attached hydrogens (tertiary/aromatic N) is 1. The van der Waals surface area contributed by atoms with E-state index in [1.807, 2.05) is 0 Å². The molecule has 0 saturated carbocycles. The molecule has 0 aliphatic rings. The van der Waals surface area contributed by atoms with Crippen LogP contribution >= 0.6 is 0 Å². The van der Waals surface area contributed by atoms with E-state index in [9.17, 15) is 9.18 Å². The lowest BCUT2D eigenvalue weighted by atomic mass is 10.1. The van der Waals surface area contributed by atoms with Gasteiger partial charge in [0.05, 0.1) is 13.2 Å². The van der Waals surface area contributed by atoms with Gasteiger partial charge >= 0.3 is 5.97 Å². The van der Waals surface area contributed by atoms with Crippen LogP contribution in [-0.2, 0) is 0 Å². The van der Waals surface area contributed by atoms with Crippen LogP contribution in [0.4, 0.5) is 10.2 Å². The fourth-order valence-corrected chi connectivity index (χ4v) is 2.02. The van der Waals surface area contributed by atoms with Crippen LogP contribution in [0.1, 0.15) is 28.9 Å². The van der Waals surface area contributed by atoms with E-state index < -0.39 is 5.97 Å². The molecule has 1 aromatic carbocycles. The monoisotopic (exact) mass is 290 g/mol. The van der Waals surface area contributed by atoms with E-state index in [0.29, 0.717) is 11.3 Å². The SMILES string of the molecule is COc1ccc(F)cc1C(C)Nc1ncccc1C(=O)O. The molecule has 1 unspecified atom stereocenters. The molecule has 0 radical (unpaired) electrons. The maximum atomic E-state index is 13.4. The standard InChI is InChI=1S/C15H15FN2O3/c1-9(12-8-10(16)5-6-13(12)21-2)18-14-11(15(19)20)4-3-7-17-14/h3-9H,1-2H3,(H,17,18)(H,19,20). The van der Waals surface area contributed by atoms with E-state index in [2.05, 4.69) is 10.3 Å². The summed E-state index contributed by atoms with van der Waals surface area (Å²) in [4.78, 5) is 15.2. The molecule has 1 atom stereocenters. The van der Waals surface area contributed by atoms with Crippen molar-refractivity contribution < 1.29 is 19.0 Å². The van der Waals surface area contributed by atoms with Crippen LogP contribution in [0.2, 0.25) is 0 Å². The maximum Gasteiger partial charge on any atom is 0.339 e. The Bertz CT molecular complexity index is 661. The van der Waals surface area contributed by atoms with Gasteiger partial charge in [-0.15, -0.1) is 0 Å². The minimum absolute atomic E-state index is 0.0553. The molecule has 0 bridgehead atoms. The van der Waals surface area contributed by atoms with Gasteiger partial charge in [0, 0.05) is 11.8 Å². The first-order valence-electron chi connectivity index (χ1n) is 6.31. The Morgan fingerprint density at radius 1 is 1.43 bits per heavy atom. The molecule has 1 aromatic heterocycles. The third-order valence-electron chi connectivity index (χ3n) is 3.05. The first-order valence-corrected chi connectivity index (χ1v) is 6.31. The number of rotatable bonds is 5. The number of aromatic nitrogens is 1. The third-order valence-corrected chi connectivity index (χ3v) is 3.05. The summed E-state index contributed by atoms with van der Waals surface area (Å²) < 4.78 is 18.6. The Balaban J connectivity index is 2.32. The van der Waals surface area contributed by atoms with Crippen molar-refractivity contribution in [3.8, 4) is 5.75 Å². The Kier molecular flexibility index (Phi) is 4.37. The number of hydrogen-bond acceptors (Lipinski definition) is 4. The summed E-state index contributed by atoms with van der Waals surface area (Å²) >= 11 is 0. The van der Waals surface area contributed by atoms with Crippen molar-refractivity contribution >= 4 is 11.8 Å². The summed E-state index contributed by atoms with van der Waals surface area (Å²) in [5.74, 6) is -0.726. The number of halogens is 1. The van der Waals surface area contributed by atoms with Crippen molar-refractivity contribution in [2.45, 2.75) is 13.0 Å². The fourth-order valence-electron chi connectivity index (χ4n) is 2.02. The predicted molar refractivity (Wildman–Crippen MR) is 76.2 cm³/mol. The average molecular weight is 290 g/mol. The highest BCUT2D eigenvalue weighted by Crippen LogP contribution is 2.28. The Morgan fingerprint density at radius 2 is 2.19 bits per heavy atom. The highest BCUT2D eigenvalue weighted by atomic mass is 19.1. The quantitative estimate of drug-likeness (QED) is 0.885. The fraction of sp³-hybridized carbons (Fsp3) is 0.200. The average Bonchev–Trinajstić information content (AvgIpc) is 2.47. The molecule has 0 fully saturated rings. The van der Waals surface area contributed by atoms with Gasteiger partial charge in [-0.25, -0.2) is 14.2 Å². The number of methoxy groups -OCH3 is 1. The lowest BCUT2D eigenvalue weighted by Crippen LogP contribution is -2.13. The number of anilines is 1. The lowest BCUT2D eigenvalue weighted by molar-refractivity contribution is 0.0697. The van der Waals surface area contributed by atoms with E-state index in [4.69, 9.17) is 9.84 Å². The molecule has 2 aromatic rings. The molecule has 6 heteroatoms. The highest BCUT2D eigenvalue weighted by Gasteiger charge is 2.16. The summed E-state index contributed by atoms with van der Waals surface area (Å²) in [5.41, 5.74) is 0.638. The number of carboxylic acids is 1. The van der Waals surface area contributed by atoms with Crippen LogP contribution in [-0.4, -0.2) is 23.2 Å². The van der Waals surface area contributed by atoms with Crippen LogP contribution in [0.25, 0.3) is 0 Å². The van der Waals surface area contributed by atoms with Gasteiger partial charge in [0.1, 0.15) is 22.9 Å². The molecule has 5 nitrogen and oxygen atoms in total. The van der Waals surface area contributed by atoms with Gasteiger partial charge in [0.15, 0.2) is 0 Å². The topological polar surface area (TPSA) is 71.5 Å². The molecule has 2 N–H and O–H groups in total. The molecule has 2 rings (SSSR count). The normalized spacial score (nSPS) is 11.8. The van der Waals surface area contributed by atoms with Crippen molar-refractivity contribution in [3.63, 3.8) is 0 Å². The Labute approximate surface area is 121 Å². The number of carbonyl (C=O) groups is 1. The molecule has 21 heavy (non-hydrogen) atoms. The van der Waals surface area contributed by atoms with E-state index in [1.54, 1.807) is 13.0 Å². The van der Waals surface area contributed by atoms with E-state index in [0.717, 1.165) is 0 Å². The number of aromatic carboxylic acids is 1. The maximum absolute atomic E-state index is 13.4. The molecule has 110 valence electrons. The number of pyridine rings is 1. The molecule has 1 heterocycles. The van der Waals surface area contributed by atoms with Gasteiger partial charge in [-0.1, -0.05) is 0 Å². The van der Waals surface area contributed by atoms with Crippen LogP contribution in [0.3, 0.4) is 0 Å². The molecule has 0 spiro atoms. The van der Waals surface area contributed by atoms with Gasteiger partial charge in [-0.05, 0) is 37.3 Å². The van der Waals surface area contributed by atoms with Crippen molar-refractivity contribution in [1.29, 1.82) is 0 Å². The zero-order valence-electron chi connectivity index (χ0n) is 11.6. The summed E-state index contributed by atoms with van der Waals surface area (Å²) in [6.45, 7) is 1.78. The third kappa shape index (κ3) is 3.28. The zero-order chi connectivity index (χ0) is 15.4. The Hall–Kier alpha value is -2.63. The summed E-state index contributed by atoms with van der Waals surface area (Å²) in [7, 11) is 1.49. The minimum Gasteiger partial charge on any atom is -0.496 e. The molecule has 0 aliphatic carbocycles. The highest BCUT2D eigenvalue weighted by molar-refractivity contribution is 5.93. The van der Waals surface area contributed by atoms with E-state index >= 15 is 0 Å². The number of ether oxygens (including phenoxy) is 1. The van der Waals surface area contributed by atoms with Gasteiger partial charge in [0.25, 0.3) is 0 Å². The zero-order valence-corrected chi connectivity index (χ0v) is 11.6. The first-order chi connectivity index (χ1) is 10.0. The van der Waals surface area contributed by atoms with Crippen molar-refractivity contribution in [2.24, 2.45) is 0 Å². The molecule has 0 saturated heterocycles. The van der Waals surface area contributed by atoms with Crippen molar-refractivity contribution in [3.05, 3.63) is 53.5 Å². The molecule has 0 aliphatic heterocycles. The number of carboxylic acid groups (broad SMARTS) is 1. The molecular weight excluding hydrogens is 275 g/mol. The largest absolute Gasteiger partial charge is 0.496 e. The summed E-state index contributed by atoms with van der Waals surface area (Å²) in [5, 5.41) is 12.1. The van der Waals surface area contributed by atoms with Gasteiger partial charge in [-0.3, -0.25) is 0 Å². The van der Waals surface area contributed by atoms with Crippen molar-refractivity contribution in [2.75, 3.05) is 12.4 Å². The predicted octanol–water partition coefficient (Wildman–Crippen LogP) is 3.10. The van der Waals surface area contributed by atoms with Crippen molar-refractivity contribution in [1.82, 2.24) is 4.98 Å². The first kappa shape index (κ1) is 14.8.